The zero-order chi connectivity index (χ0) is 23.8. The highest BCUT2D eigenvalue weighted by molar-refractivity contribution is 7.51. The van der Waals surface area contributed by atoms with Crippen LogP contribution in [0, 0.1) is 0 Å². The molecule has 0 rings (SSSR count). The van der Waals surface area contributed by atoms with Gasteiger partial charge in [-0.2, -0.15) is 0 Å². The predicted octanol–water partition coefficient (Wildman–Crippen LogP) is 0.121. The maximum Gasteiger partial charge on any atom is 0.339 e. The monoisotopic (exact) mass is 482 g/mol. The van der Waals surface area contributed by atoms with Crippen molar-refractivity contribution in [3.05, 3.63) is 0 Å². The first-order valence-electron chi connectivity index (χ1n) is 8.09. The predicted molar refractivity (Wildman–Crippen MR) is 111 cm³/mol. The summed E-state index contributed by atoms with van der Waals surface area (Å²) in [7, 11) is -5.75. The van der Waals surface area contributed by atoms with Crippen LogP contribution in [0.15, 0.2) is 0 Å². The summed E-state index contributed by atoms with van der Waals surface area (Å²) in [6, 6.07) is -0.123. The van der Waals surface area contributed by atoms with E-state index >= 15 is 0 Å². The zero-order valence-corrected chi connectivity index (χ0v) is 19.2. The molecule has 0 spiro atoms. The van der Waals surface area contributed by atoms with Gasteiger partial charge in [-0.3, -0.25) is 28.9 Å². The van der Waals surface area contributed by atoms with E-state index in [9.17, 15) is 23.5 Å². The number of nitrogens with one attached hydrogen (secondary N) is 1. The summed E-state index contributed by atoms with van der Waals surface area (Å²) in [5, 5.41) is 2.24. The first-order chi connectivity index (χ1) is 12.9. The molecule has 30 heavy (non-hydrogen) atoms. The summed E-state index contributed by atoms with van der Waals surface area (Å²) in [4.78, 5) is 66.1. The van der Waals surface area contributed by atoms with E-state index in [1.54, 1.807) is 13.8 Å². The van der Waals surface area contributed by atoms with Gasteiger partial charge in [0.25, 0.3) is 0 Å². The Bertz CT molecular complexity index is 583. The molecule has 0 aliphatic rings. The van der Waals surface area contributed by atoms with Gasteiger partial charge in [0.1, 0.15) is 12.1 Å². The highest BCUT2D eigenvalue weighted by Gasteiger charge is 2.23. The van der Waals surface area contributed by atoms with Crippen molar-refractivity contribution in [1.82, 2.24) is 10.2 Å². The number of Topliss-reactive ketones (excluding diaryl/α,β-unsaturated/α-hetero) is 1. The second-order valence-corrected chi connectivity index (χ2v) is 9.21. The van der Waals surface area contributed by atoms with Crippen molar-refractivity contribution in [3.8, 4) is 0 Å². The summed E-state index contributed by atoms with van der Waals surface area (Å²) in [6.07, 6.45) is -0.943. The first-order valence-corrected chi connectivity index (χ1v) is 11.7. The van der Waals surface area contributed by atoms with Gasteiger partial charge in [0.15, 0.2) is 0 Å². The fourth-order valence-electron chi connectivity index (χ4n) is 1.24. The molecule has 0 aliphatic carbocycles. The molecule has 0 aromatic carbocycles. The Morgan fingerprint density at radius 3 is 1.60 bits per heavy atom. The molecule has 0 bridgehead atoms. The van der Waals surface area contributed by atoms with Gasteiger partial charge < -0.3 is 33.8 Å². The van der Waals surface area contributed by atoms with E-state index < -0.39 is 39.7 Å². The normalized spacial score (nSPS) is 10.7. The van der Waals surface area contributed by atoms with Gasteiger partial charge in [-0.05, 0) is 27.7 Å². The molecule has 5 N–H and O–H groups in total. The smallest absolute Gasteiger partial charge is 0.339 e. The molecular weight excluding hydrogens is 446 g/mol. The SMILES string of the molecule is C.CC(C)=O.COC(=O)CN(CP(=O)(O)O)C(C)C.COC(=O)CNCP(=O)(O)O. The second kappa shape index (κ2) is 18.6. The van der Waals surface area contributed by atoms with Gasteiger partial charge in [-0.1, -0.05) is 7.43 Å². The standard InChI is InChI=1S/C7H16NO5P.C4H10NO5P.C3H6O.CH4/c1-6(2)8(4-7(9)13-3)5-14(10,11)12;1-10-4(6)2-5-3-11(7,8)9;1-3(2)4;/h6H,4-5H2,1-3H3,(H2,10,11,12);5H,2-3H2,1H3,(H2,7,8,9);1-2H3;1H4. The van der Waals surface area contributed by atoms with Gasteiger partial charge in [0.2, 0.25) is 0 Å². The molecule has 0 saturated heterocycles. The van der Waals surface area contributed by atoms with Gasteiger partial charge in [-0.25, -0.2) is 0 Å². The average Bonchev–Trinajstić information content (AvgIpc) is 2.51. The number of rotatable bonds is 9. The van der Waals surface area contributed by atoms with E-state index in [1.165, 1.54) is 33.0 Å². The number of nitrogens with zero attached hydrogens (tertiary/aromatic N) is 1. The Labute approximate surface area is 177 Å². The molecule has 0 radical (unpaired) electrons. The van der Waals surface area contributed by atoms with E-state index in [2.05, 4.69) is 14.8 Å². The summed E-state index contributed by atoms with van der Waals surface area (Å²) in [5.74, 6) is -0.898. The summed E-state index contributed by atoms with van der Waals surface area (Å²) in [5.41, 5.74) is 0. The molecule has 0 amide bonds. The Hall–Kier alpha value is -1.17. The van der Waals surface area contributed by atoms with Crippen LogP contribution < -0.4 is 5.32 Å². The molecule has 0 atom stereocenters. The summed E-state index contributed by atoms with van der Waals surface area (Å²) >= 11 is 0. The van der Waals surface area contributed by atoms with Crippen molar-refractivity contribution in [2.75, 3.05) is 39.9 Å². The number of ketones is 1. The number of methoxy groups -OCH3 is 2. The Morgan fingerprint density at radius 2 is 1.33 bits per heavy atom. The van der Waals surface area contributed by atoms with Crippen LogP contribution in [0.5, 0.6) is 0 Å². The molecule has 13 nitrogen and oxygen atoms in total. The molecule has 0 aromatic heterocycles. The number of esters is 2. The topological polar surface area (TPSA) is 200 Å². The van der Waals surface area contributed by atoms with Crippen LogP contribution in [-0.4, -0.2) is 88.1 Å². The van der Waals surface area contributed by atoms with Crippen LogP contribution in [-0.2, 0) is 33.0 Å². The minimum Gasteiger partial charge on any atom is -0.468 e. The minimum atomic E-state index is -4.12. The third-order valence-electron chi connectivity index (χ3n) is 2.47. The van der Waals surface area contributed by atoms with E-state index in [4.69, 9.17) is 19.6 Å². The Kier molecular flexibility index (Phi) is 22.4. The maximum atomic E-state index is 10.9. The van der Waals surface area contributed by atoms with Crippen molar-refractivity contribution < 1.29 is 52.6 Å². The van der Waals surface area contributed by atoms with Crippen LogP contribution in [0.3, 0.4) is 0 Å². The lowest BCUT2D eigenvalue weighted by Gasteiger charge is -2.24. The van der Waals surface area contributed by atoms with Crippen molar-refractivity contribution in [2.45, 2.75) is 41.2 Å². The molecule has 0 saturated carbocycles. The van der Waals surface area contributed by atoms with E-state index in [0.29, 0.717) is 0 Å². The molecule has 0 unspecified atom stereocenters. The quantitative estimate of drug-likeness (QED) is 0.219. The van der Waals surface area contributed by atoms with Gasteiger partial charge in [0.05, 0.1) is 33.6 Å². The Balaban J connectivity index is -0.000000189. The van der Waals surface area contributed by atoms with Gasteiger partial charge in [-0.15, -0.1) is 0 Å². The van der Waals surface area contributed by atoms with Crippen LogP contribution in [0.25, 0.3) is 0 Å². The van der Waals surface area contributed by atoms with E-state index in [-0.39, 0.29) is 32.3 Å². The fourth-order valence-corrected chi connectivity index (χ4v) is 2.54. The average molecular weight is 482 g/mol. The zero-order valence-electron chi connectivity index (χ0n) is 17.4. The summed E-state index contributed by atoms with van der Waals surface area (Å²) < 4.78 is 29.5. The third kappa shape index (κ3) is 34.3. The van der Waals surface area contributed by atoms with Crippen molar-refractivity contribution in [1.29, 1.82) is 0 Å². The van der Waals surface area contributed by atoms with Crippen molar-refractivity contribution in [3.63, 3.8) is 0 Å². The number of hydrogen-bond acceptors (Lipinski definition) is 9. The highest BCUT2D eigenvalue weighted by atomic mass is 31.2. The summed E-state index contributed by atoms with van der Waals surface area (Å²) in [6.45, 7) is 6.25. The van der Waals surface area contributed by atoms with Crippen molar-refractivity contribution in [2.24, 2.45) is 0 Å². The molecule has 0 aliphatic heterocycles. The van der Waals surface area contributed by atoms with Crippen LogP contribution in [0.4, 0.5) is 0 Å². The van der Waals surface area contributed by atoms with Gasteiger partial charge in [0, 0.05) is 6.04 Å². The van der Waals surface area contributed by atoms with Crippen molar-refractivity contribution >= 4 is 32.9 Å². The first kappa shape index (κ1) is 36.2. The van der Waals surface area contributed by atoms with E-state index in [0.717, 1.165) is 0 Å². The molecule has 182 valence electrons. The molecule has 0 fully saturated rings. The highest BCUT2D eigenvalue weighted by Crippen LogP contribution is 2.35. The molecule has 0 aromatic rings. The minimum absolute atomic E-state index is 0. The lowest BCUT2D eigenvalue weighted by molar-refractivity contribution is -0.142. The van der Waals surface area contributed by atoms with E-state index in [1.807, 2.05) is 0 Å². The van der Waals surface area contributed by atoms with Crippen LogP contribution in [0.1, 0.15) is 35.1 Å². The number of carbonyl (C=O) groups excluding carboxylic acids is 3. The van der Waals surface area contributed by atoms with Gasteiger partial charge >= 0.3 is 27.1 Å². The maximum absolute atomic E-state index is 10.9. The number of carbonyl (C=O) groups is 3. The fraction of sp³-hybridized carbons (Fsp3) is 0.800. The molecule has 15 heteroatoms. The third-order valence-corrected chi connectivity index (χ3v) is 3.84. The number of ether oxygens (including phenoxy) is 2. The van der Waals surface area contributed by atoms with Crippen LogP contribution in [0.2, 0.25) is 0 Å². The molecular formula is C15H36N2O11P2. The largest absolute Gasteiger partial charge is 0.468 e. The van der Waals surface area contributed by atoms with Crippen LogP contribution >= 0.6 is 15.2 Å². The lowest BCUT2D eigenvalue weighted by atomic mass is 10.3. The number of hydrogen-bond donors (Lipinski definition) is 5. The molecule has 0 heterocycles. The lowest BCUT2D eigenvalue weighted by Crippen LogP contribution is -2.36. The Morgan fingerprint density at radius 1 is 0.933 bits per heavy atom. The second-order valence-electron chi connectivity index (χ2n) is 5.96.